The summed E-state index contributed by atoms with van der Waals surface area (Å²) >= 11 is 0. The summed E-state index contributed by atoms with van der Waals surface area (Å²) < 4.78 is 5.13. The van der Waals surface area contributed by atoms with Crippen molar-refractivity contribution in [1.82, 2.24) is 5.32 Å². The van der Waals surface area contributed by atoms with Crippen molar-refractivity contribution >= 4 is 11.8 Å². The number of ether oxygens (including phenoxy) is 1. The quantitative estimate of drug-likeness (QED) is 0.486. The van der Waals surface area contributed by atoms with Crippen molar-refractivity contribution in [2.75, 3.05) is 18.0 Å². The first kappa shape index (κ1) is 33.7. The summed E-state index contributed by atoms with van der Waals surface area (Å²) in [6.07, 6.45) is 2.33. The predicted octanol–water partition coefficient (Wildman–Crippen LogP) is 8.69. The van der Waals surface area contributed by atoms with Crippen LogP contribution >= 0.6 is 0 Å². The van der Waals surface area contributed by atoms with Gasteiger partial charge in [0, 0.05) is 25.3 Å². The van der Waals surface area contributed by atoms with Gasteiger partial charge in [0.2, 0.25) is 0 Å². The van der Waals surface area contributed by atoms with Crippen molar-refractivity contribution in [3.8, 4) is 0 Å². The van der Waals surface area contributed by atoms with Gasteiger partial charge in [-0.3, -0.25) is 0 Å². The summed E-state index contributed by atoms with van der Waals surface area (Å²) in [5.41, 5.74) is 4.56. The highest BCUT2D eigenvalue weighted by Gasteiger charge is 2.15. The number of amides is 1. The predicted molar refractivity (Wildman–Crippen MR) is 151 cm³/mol. The molecule has 0 atom stereocenters. The SMILES string of the molecule is CC.CC.CC.Cc1ccc(CNC(=O)OC(C)(C)C)cc1.Cc1ccc(N2CCCC2)cc1. The number of carbonyl (C=O) groups is 1. The molecule has 3 rings (SSSR count). The van der Waals surface area contributed by atoms with Gasteiger partial charge in [0.1, 0.15) is 5.60 Å². The summed E-state index contributed by atoms with van der Waals surface area (Å²) in [4.78, 5) is 13.8. The Kier molecular flexibility index (Phi) is 19.7. The number of nitrogens with one attached hydrogen (secondary N) is 1. The van der Waals surface area contributed by atoms with Crippen LogP contribution < -0.4 is 10.2 Å². The molecule has 0 aromatic heterocycles. The van der Waals surface area contributed by atoms with E-state index in [1.54, 1.807) is 0 Å². The van der Waals surface area contributed by atoms with E-state index in [1.807, 2.05) is 93.5 Å². The monoisotopic (exact) mass is 472 g/mol. The van der Waals surface area contributed by atoms with Crippen LogP contribution in [0.1, 0.15) is 91.8 Å². The highest BCUT2D eigenvalue weighted by molar-refractivity contribution is 5.67. The number of aryl methyl sites for hydroxylation is 2. The molecule has 0 radical (unpaired) electrons. The largest absolute Gasteiger partial charge is 0.444 e. The van der Waals surface area contributed by atoms with E-state index in [4.69, 9.17) is 4.74 Å². The first-order valence-electron chi connectivity index (χ1n) is 13.1. The molecule has 0 spiro atoms. The van der Waals surface area contributed by atoms with Crippen LogP contribution in [-0.2, 0) is 11.3 Å². The zero-order chi connectivity index (χ0) is 26.6. The van der Waals surface area contributed by atoms with Gasteiger partial charge in [-0.15, -0.1) is 0 Å². The van der Waals surface area contributed by atoms with Gasteiger partial charge in [-0.25, -0.2) is 4.79 Å². The second kappa shape index (κ2) is 19.9. The maximum atomic E-state index is 11.4. The number of alkyl carbamates (subject to hydrolysis) is 1. The molecule has 194 valence electrons. The number of rotatable bonds is 3. The summed E-state index contributed by atoms with van der Waals surface area (Å²) in [7, 11) is 0. The summed E-state index contributed by atoms with van der Waals surface area (Å²) in [5, 5.41) is 2.71. The third-order valence-corrected chi connectivity index (χ3v) is 4.46. The number of hydrogen-bond donors (Lipinski definition) is 1. The zero-order valence-corrected chi connectivity index (χ0v) is 23.9. The second-order valence-corrected chi connectivity index (χ2v) is 8.37. The van der Waals surface area contributed by atoms with Crippen LogP contribution in [0.3, 0.4) is 0 Å². The van der Waals surface area contributed by atoms with Gasteiger partial charge in [-0.2, -0.15) is 0 Å². The lowest BCUT2D eigenvalue weighted by Gasteiger charge is -2.19. The van der Waals surface area contributed by atoms with Crippen molar-refractivity contribution in [3.63, 3.8) is 0 Å². The third-order valence-electron chi connectivity index (χ3n) is 4.46. The van der Waals surface area contributed by atoms with E-state index in [-0.39, 0.29) is 6.09 Å². The number of benzene rings is 2. The Bertz CT molecular complexity index is 726. The van der Waals surface area contributed by atoms with Gasteiger partial charge in [0.25, 0.3) is 0 Å². The Morgan fingerprint density at radius 3 is 1.62 bits per heavy atom. The molecular weight excluding hydrogens is 420 g/mol. The Balaban J connectivity index is 0. The highest BCUT2D eigenvalue weighted by atomic mass is 16.6. The Morgan fingerprint density at radius 1 is 0.794 bits per heavy atom. The average molecular weight is 473 g/mol. The summed E-state index contributed by atoms with van der Waals surface area (Å²) in [6.45, 7) is 24.7. The Morgan fingerprint density at radius 2 is 1.21 bits per heavy atom. The van der Waals surface area contributed by atoms with Gasteiger partial charge < -0.3 is 15.0 Å². The van der Waals surface area contributed by atoms with E-state index in [0.29, 0.717) is 6.54 Å². The van der Waals surface area contributed by atoms with Crippen molar-refractivity contribution in [2.45, 2.75) is 101 Å². The van der Waals surface area contributed by atoms with Crippen LogP contribution in [0, 0.1) is 13.8 Å². The fraction of sp³-hybridized carbons (Fsp3) is 0.567. The lowest BCUT2D eigenvalue weighted by molar-refractivity contribution is 0.0523. The molecule has 1 amide bonds. The fourth-order valence-corrected chi connectivity index (χ4v) is 2.93. The van der Waals surface area contributed by atoms with Crippen LogP contribution in [0.2, 0.25) is 0 Å². The van der Waals surface area contributed by atoms with E-state index in [0.717, 1.165) is 5.56 Å². The lowest BCUT2D eigenvalue weighted by atomic mass is 10.1. The molecule has 1 aliphatic heterocycles. The maximum absolute atomic E-state index is 11.4. The van der Waals surface area contributed by atoms with Crippen molar-refractivity contribution in [2.24, 2.45) is 0 Å². The van der Waals surface area contributed by atoms with Gasteiger partial charge in [-0.1, -0.05) is 89.1 Å². The Hall–Kier alpha value is -2.49. The molecule has 0 aliphatic carbocycles. The number of hydrogen-bond acceptors (Lipinski definition) is 3. The smallest absolute Gasteiger partial charge is 0.407 e. The molecule has 4 nitrogen and oxygen atoms in total. The van der Waals surface area contributed by atoms with Crippen LogP contribution in [-0.4, -0.2) is 24.8 Å². The molecule has 1 fully saturated rings. The fourth-order valence-electron chi connectivity index (χ4n) is 2.93. The van der Waals surface area contributed by atoms with Crippen molar-refractivity contribution in [1.29, 1.82) is 0 Å². The minimum atomic E-state index is -0.447. The topological polar surface area (TPSA) is 41.6 Å². The van der Waals surface area contributed by atoms with E-state index < -0.39 is 5.60 Å². The van der Waals surface area contributed by atoms with Crippen molar-refractivity contribution in [3.05, 3.63) is 65.2 Å². The first-order valence-corrected chi connectivity index (χ1v) is 13.1. The van der Waals surface area contributed by atoms with Crippen LogP contribution in [0.4, 0.5) is 10.5 Å². The molecule has 2 aromatic rings. The Labute approximate surface area is 211 Å². The summed E-state index contributed by atoms with van der Waals surface area (Å²) in [5.74, 6) is 0. The summed E-state index contributed by atoms with van der Waals surface area (Å²) in [6, 6.07) is 16.8. The first-order chi connectivity index (χ1) is 16.2. The zero-order valence-electron chi connectivity index (χ0n) is 23.9. The van der Waals surface area contributed by atoms with E-state index in [2.05, 4.69) is 41.4 Å². The maximum Gasteiger partial charge on any atom is 0.407 e. The molecule has 34 heavy (non-hydrogen) atoms. The molecule has 1 saturated heterocycles. The van der Waals surface area contributed by atoms with Crippen LogP contribution in [0.5, 0.6) is 0 Å². The average Bonchev–Trinajstić information content (AvgIpc) is 3.38. The molecule has 2 aromatic carbocycles. The number of nitrogens with zero attached hydrogens (tertiary/aromatic N) is 1. The van der Waals surface area contributed by atoms with Gasteiger partial charge >= 0.3 is 6.09 Å². The number of anilines is 1. The third kappa shape index (κ3) is 16.2. The minimum Gasteiger partial charge on any atom is -0.444 e. The lowest BCUT2D eigenvalue weighted by Crippen LogP contribution is -2.32. The normalized spacial score (nSPS) is 11.7. The highest BCUT2D eigenvalue weighted by Crippen LogP contribution is 2.19. The molecule has 1 aliphatic rings. The van der Waals surface area contributed by atoms with Crippen molar-refractivity contribution < 1.29 is 9.53 Å². The number of carbonyl (C=O) groups excluding carboxylic acids is 1. The van der Waals surface area contributed by atoms with E-state index >= 15 is 0 Å². The molecule has 0 bridgehead atoms. The minimum absolute atomic E-state index is 0.381. The van der Waals surface area contributed by atoms with E-state index in [1.165, 1.54) is 42.7 Å². The molecular formula is C30H52N2O2. The van der Waals surface area contributed by atoms with Gasteiger partial charge in [0.05, 0.1) is 0 Å². The van der Waals surface area contributed by atoms with Gasteiger partial charge in [0.15, 0.2) is 0 Å². The van der Waals surface area contributed by atoms with Crippen LogP contribution in [0.25, 0.3) is 0 Å². The molecule has 0 unspecified atom stereocenters. The molecule has 1 N–H and O–H groups in total. The molecule has 4 heteroatoms. The van der Waals surface area contributed by atoms with Gasteiger partial charge in [-0.05, 0) is 65.2 Å². The van der Waals surface area contributed by atoms with E-state index in [9.17, 15) is 4.79 Å². The standard InChI is InChI=1S/C13H19NO2.C11H15N.3C2H6/c1-10-5-7-11(8-6-10)9-14-12(15)16-13(2,3)4;1-10-4-6-11(7-5-10)12-8-2-3-9-12;3*1-2/h5-8H,9H2,1-4H3,(H,14,15);4-7H,2-3,8-9H2,1H3;3*1-2H3. The molecule has 1 heterocycles. The molecule has 0 saturated carbocycles. The van der Waals surface area contributed by atoms with Crippen LogP contribution in [0.15, 0.2) is 48.5 Å². The second-order valence-electron chi connectivity index (χ2n) is 8.37.